The van der Waals surface area contributed by atoms with Crippen LogP contribution < -0.4 is 5.32 Å². The van der Waals surface area contributed by atoms with E-state index in [-0.39, 0.29) is 24.0 Å². The first kappa shape index (κ1) is 16.1. The van der Waals surface area contributed by atoms with E-state index in [4.69, 9.17) is 9.84 Å². The number of ether oxygens (including phenoxy) is 1. The Morgan fingerprint density at radius 2 is 2.14 bits per heavy atom. The van der Waals surface area contributed by atoms with Crippen molar-refractivity contribution < 1.29 is 19.4 Å². The summed E-state index contributed by atoms with van der Waals surface area (Å²) in [6.45, 7) is 3.94. The number of rotatable bonds is 5. The maximum atomic E-state index is 12.3. The van der Waals surface area contributed by atoms with Gasteiger partial charge in [0.1, 0.15) is 0 Å². The lowest BCUT2D eigenvalue weighted by Crippen LogP contribution is -2.53. The molecule has 21 heavy (non-hydrogen) atoms. The molecule has 2 rings (SSSR count). The Bertz CT molecular complexity index is 395. The second-order valence-corrected chi connectivity index (χ2v) is 6.57. The van der Waals surface area contributed by atoms with Crippen molar-refractivity contribution in [1.82, 2.24) is 10.2 Å². The van der Waals surface area contributed by atoms with Gasteiger partial charge in [-0.15, -0.1) is 0 Å². The zero-order chi connectivity index (χ0) is 15.5. The Hall–Kier alpha value is -1.30. The molecule has 120 valence electrons. The van der Waals surface area contributed by atoms with Gasteiger partial charge in [0.2, 0.25) is 0 Å². The number of methoxy groups -OCH3 is 1. The fraction of sp³-hybridized carbons (Fsp3) is 0.867. The first-order chi connectivity index (χ1) is 9.96. The van der Waals surface area contributed by atoms with Gasteiger partial charge < -0.3 is 20.1 Å². The summed E-state index contributed by atoms with van der Waals surface area (Å²) in [4.78, 5) is 25.0. The van der Waals surface area contributed by atoms with Crippen LogP contribution in [0.2, 0.25) is 0 Å². The van der Waals surface area contributed by atoms with Crippen LogP contribution in [0.3, 0.4) is 0 Å². The lowest BCUT2D eigenvalue weighted by atomic mass is 9.66. The minimum atomic E-state index is -0.782. The van der Waals surface area contributed by atoms with Gasteiger partial charge in [0.05, 0.1) is 12.5 Å². The number of urea groups is 1. The SMILES string of the molecule is COC1CN(C(=O)NCC2(CC(=O)O)CCC2)CCC1C. The number of nitrogens with one attached hydrogen (secondary N) is 1. The van der Waals surface area contributed by atoms with E-state index in [9.17, 15) is 9.59 Å². The number of piperidine rings is 1. The van der Waals surface area contributed by atoms with Crippen LogP contribution in [-0.2, 0) is 9.53 Å². The molecular formula is C15H26N2O4. The number of hydrogen-bond acceptors (Lipinski definition) is 3. The van der Waals surface area contributed by atoms with Crippen LogP contribution in [0.5, 0.6) is 0 Å². The molecule has 1 saturated carbocycles. The number of hydrogen-bond donors (Lipinski definition) is 2. The standard InChI is InChI=1S/C15H26N2O4/c1-11-4-7-17(9-12(11)21-2)14(20)16-10-15(5-3-6-15)8-13(18)19/h11-12H,3-10H2,1-2H3,(H,16,20)(H,18,19). The molecule has 0 aromatic heterocycles. The van der Waals surface area contributed by atoms with Crippen LogP contribution in [0.4, 0.5) is 4.79 Å². The second kappa shape index (κ2) is 6.64. The molecule has 0 spiro atoms. The summed E-state index contributed by atoms with van der Waals surface area (Å²) in [5, 5.41) is 11.9. The van der Waals surface area contributed by atoms with E-state index >= 15 is 0 Å². The summed E-state index contributed by atoms with van der Waals surface area (Å²) in [6.07, 6.45) is 3.99. The number of carboxylic acids is 1. The van der Waals surface area contributed by atoms with Gasteiger partial charge in [0.25, 0.3) is 0 Å². The van der Waals surface area contributed by atoms with Crippen LogP contribution >= 0.6 is 0 Å². The molecule has 2 fully saturated rings. The molecule has 2 unspecified atom stereocenters. The topological polar surface area (TPSA) is 78.9 Å². The fourth-order valence-corrected chi connectivity index (χ4v) is 3.31. The highest BCUT2D eigenvalue weighted by atomic mass is 16.5. The maximum Gasteiger partial charge on any atom is 0.317 e. The zero-order valence-electron chi connectivity index (χ0n) is 12.9. The van der Waals surface area contributed by atoms with Crippen LogP contribution in [0.25, 0.3) is 0 Å². The fourth-order valence-electron chi connectivity index (χ4n) is 3.31. The summed E-state index contributed by atoms with van der Waals surface area (Å²) >= 11 is 0. The molecule has 2 aliphatic rings. The van der Waals surface area contributed by atoms with E-state index in [1.165, 1.54) is 0 Å². The summed E-state index contributed by atoms with van der Waals surface area (Å²) in [5.41, 5.74) is -0.231. The molecule has 1 aliphatic heterocycles. The highest BCUT2D eigenvalue weighted by molar-refractivity contribution is 5.74. The molecule has 6 nitrogen and oxygen atoms in total. The van der Waals surface area contributed by atoms with Crippen molar-refractivity contribution >= 4 is 12.0 Å². The lowest BCUT2D eigenvalue weighted by molar-refractivity contribution is -0.141. The lowest BCUT2D eigenvalue weighted by Gasteiger charge is -2.42. The molecule has 0 aromatic rings. The molecule has 6 heteroatoms. The van der Waals surface area contributed by atoms with E-state index < -0.39 is 5.97 Å². The van der Waals surface area contributed by atoms with Gasteiger partial charge in [0, 0.05) is 26.7 Å². The van der Waals surface area contributed by atoms with Crippen molar-refractivity contribution in [2.75, 3.05) is 26.7 Å². The first-order valence-corrected chi connectivity index (χ1v) is 7.73. The molecule has 0 bridgehead atoms. The predicted molar refractivity (Wildman–Crippen MR) is 78.1 cm³/mol. The van der Waals surface area contributed by atoms with Crippen LogP contribution in [0.15, 0.2) is 0 Å². The van der Waals surface area contributed by atoms with Crippen LogP contribution in [0, 0.1) is 11.3 Å². The maximum absolute atomic E-state index is 12.3. The molecule has 2 atom stereocenters. The summed E-state index contributed by atoms with van der Waals surface area (Å²) in [6, 6.07) is -0.0967. The first-order valence-electron chi connectivity index (χ1n) is 7.73. The quantitative estimate of drug-likeness (QED) is 0.809. The van der Waals surface area contributed by atoms with Crippen molar-refractivity contribution in [2.45, 2.75) is 45.1 Å². The number of aliphatic carboxylic acids is 1. The van der Waals surface area contributed by atoms with E-state index in [0.717, 1.165) is 32.2 Å². The Balaban J connectivity index is 1.82. The van der Waals surface area contributed by atoms with Crippen molar-refractivity contribution in [3.8, 4) is 0 Å². The number of nitrogens with zero attached hydrogens (tertiary/aromatic N) is 1. The van der Waals surface area contributed by atoms with E-state index in [1.807, 2.05) is 0 Å². The van der Waals surface area contributed by atoms with Crippen molar-refractivity contribution in [1.29, 1.82) is 0 Å². The smallest absolute Gasteiger partial charge is 0.317 e. The minimum absolute atomic E-state index is 0.0844. The number of carboxylic acid groups (broad SMARTS) is 1. The summed E-state index contributed by atoms with van der Waals surface area (Å²) in [5.74, 6) is -0.320. The highest BCUT2D eigenvalue weighted by Gasteiger charge is 2.39. The molecule has 2 amide bonds. The number of amides is 2. The Labute approximate surface area is 125 Å². The monoisotopic (exact) mass is 298 g/mol. The largest absolute Gasteiger partial charge is 0.481 e. The number of likely N-dealkylation sites (tertiary alicyclic amines) is 1. The minimum Gasteiger partial charge on any atom is -0.481 e. The van der Waals surface area contributed by atoms with E-state index in [1.54, 1.807) is 12.0 Å². The highest BCUT2D eigenvalue weighted by Crippen LogP contribution is 2.43. The van der Waals surface area contributed by atoms with Gasteiger partial charge in [-0.3, -0.25) is 4.79 Å². The molecule has 1 saturated heterocycles. The molecule has 1 aliphatic carbocycles. The van der Waals surface area contributed by atoms with E-state index in [2.05, 4.69) is 12.2 Å². The van der Waals surface area contributed by atoms with Crippen molar-refractivity contribution in [3.05, 3.63) is 0 Å². The van der Waals surface area contributed by atoms with Gasteiger partial charge in [-0.25, -0.2) is 4.79 Å². The predicted octanol–water partition coefficient (Wildman–Crippen LogP) is 1.70. The third-order valence-corrected chi connectivity index (χ3v) is 5.03. The summed E-state index contributed by atoms with van der Waals surface area (Å²) in [7, 11) is 1.68. The summed E-state index contributed by atoms with van der Waals surface area (Å²) < 4.78 is 5.41. The van der Waals surface area contributed by atoms with Gasteiger partial charge in [-0.2, -0.15) is 0 Å². The third-order valence-electron chi connectivity index (χ3n) is 5.03. The van der Waals surface area contributed by atoms with E-state index in [0.29, 0.717) is 19.0 Å². The average Bonchev–Trinajstić information content (AvgIpc) is 2.41. The average molecular weight is 298 g/mol. The Morgan fingerprint density at radius 3 is 2.67 bits per heavy atom. The Kier molecular flexibility index (Phi) is 5.08. The van der Waals surface area contributed by atoms with Gasteiger partial charge in [-0.1, -0.05) is 13.3 Å². The van der Waals surface area contributed by atoms with Crippen LogP contribution in [0.1, 0.15) is 39.0 Å². The van der Waals surface area contributed by atoms with Gasteiger partial charge in [-0.05, 0) is 30.6 Å². The third kappa shape index (κ3) is 3.87. The van der Waals surface area contributed by atoms with Gasteiger partial charge >= 0.3 is 12.0 Å². The molecular weight excluding hydrogens is 272 g/mol. The second-order valence-electron chi connectivity index (χ2n) is 6.57. The van der Waals surface area contributed by atoms with Crippen LogP contribution in [-0.4, -0.2) is 54.9 Å². The molecule has 1 heterocycles. The number of carbonyl (C=O) groups is 2. The normalized spacial score (nSPS) is 27.8. The molecule has 0 radical (unpaired) electrons. The van der Waals surface area contributed by atoms with Crippen molar-refractivity contribution in [2.24, 2.45) is 11.3 Å². The molecule has 2 N–H and O–H groups in total. The van der Waals surface area contributed by atoms with Gasteiger partial charge in [0.15, 0.2) is 0 Å². The Morgan fingerprint density at radius 1 is 1.43 bits per heavy atom. The number of carbonyl (C=O) groups excluding carboxylic acids is 1. The zero-order valence-corrected chi connectivity index (χ0v) is 12.9. The molecule has 0 aromatic carbocycles. The van der Waals surface area contributed by atoms with Crippen molar-refractivity contribution in [3.63, 3.8) is 0 Å².